The van der Waals surface area contributed by atoms with Crippen LogP contribution in [-0.4, -0.2) is 80.0 Å². The van der Waals surface area contributed by atoms with Gasteiger partial charge in [-0.3, -0.25) is 4.79 Å². The summed E-state index contributed by atoms with van der Waals surface area (Å²) in [6.07, 6.45) is 4.02. The number of benzene rings is 2. The minimum Gasteiger partial charge on any atom is -0.497 e. The highest BCUT2D eigenvalue weighted by atomic mass is 32.1. The van der Waals surface area contributed by atoms with Gasteiger partial charge < -0.3 is 25.2 Å². The molecular formula is C32H39FN6O2S. The molecule has 8 nitrogen and oxygen atoms in total. The van der Waals surface area contributed by atoms with E-state index in [0.29, 0.717) is 15.7 Å². The Morgan fingerprint density at radius 3 is 2.57 bits per heavy atom. The number of nitrogens with zero attached hydrogens (tertiary/aromatic N) is 4. The molecule has 1 saturated heterocycles. The van der Waals surface area contributed by atoms with Crippen LogP contribution in [0.15, 0.2) is 66.9 Å². The predicted octanol–water partition coefficient (Wildman–Crippen LogP) is 5.49. The fourth-order valence-electron chi connectivity index (χ4n) is 4.64. The summed E-state index contributed by atoms with van der Waals surface area (Å²) in [7, 11) is 5.78. The van der Waals surface area contributed by atoms with Crippen LogP contribution < -0.4 is 15.4 Å². The molecule has 4 aromatic rings. The molecule has 10 heteroatoms. The van der Waals surface area contributed by atoms with Crippen molar-refractivity contribution in [2.45, 2.75) is 19.4 Å². The number of likely N-dealkylation sites (N-methyl/N-ethyl adjacent to an activating group) is 1. The molecule has 1 fully saturated rings. The Labute approximate surface area is 251 Å². The maximum atomic E-state index is 14.2. The summed E-state index contributed by atoms with van der Waals surface area (Å²) in [5.74, 6) is 0.729. The average Bonchev–Trinajstić information content (AvgIpc) is 3.49. The number of hydrogen-bond acceptors (Lipinski definition) is 9. The van der Waals surface area contributed by atoms with E-state index in [1.807, 2.05) is 37.4 Å². The number of carbonyl (C=O) groups excluding carboxylic acids is 1. The lowest BCUT2D eigenvalue weighted by molar-refractivity contribution is 0.112. The number of thiophene rings is 1. The van der Waals surface area contributed by atoms with Crippen LogP contribution in [0, 0.1) is 5.82 Å². The maximum absolute atomic E-state index is 14.2. The van der Waals surface area contributed by atoms with Crippen molar-refractivity contribution in [3.8, 4) is 16.3 Å². The lowest BCUT2D eigenvalue weighted by atomic mass is 10.1. The highest BCUT2D eigenvalue weighted by molar-refractivity contribution is 7.17. The van der Waals surface area contributed by atoms with E-state index < -0.39 is 5.82 Å². The van der Waals surface area contributed by atoms with Crippen molar-refractivity contribution in [1.29, 1.82) is 0 Å². The second kappa shape index (κ2) is 16.1. The van der Waals surface area contributed by atoms with Crippen LogP contribution in [0.2, 0.25) is 0 Å². The largest absolute Gasteiger partial charge is 0.497 e. The molecule has 42 heavy (non-hydrogen) atoms. The van der Waals surface area contributed by atoms with Gasteiger partial charge in [-0.15, -0.1) is 11.3 Å². The van der Waals surface area contributed by atoms with Crippen molar-refractivity contribution in [2.24, 2.45) is 0 Å². The van der Waals surface area contributed by atoms with Gasteiger partial charge in [0.25, 0.3) is 0 Å². The Balaban J connectivity index is 0.000000310. The Kier molecular flexibility index (Phi) is 12.0. The normalized spacial score (nSPS) is 13.7. The first-order chi connectivity index (χ1) is 20.5. The first kappa shape index (κ1) is 31.2. The number of methoxy groups -OCH3 is 1. The Bertz CT molecular complexity index is 1420. The molecule has 0 atom stereocenters. The van der Waals surface area contributed by atoms with Gasteiger partial charge >= 0.3 is 0 Å². The number of rotatable bonds is 11. The quantitative estimate of drug-likeness (QED) is 0.222. The number of halogens is 1. The fourth-order valence-corrected chi connectivity index (χ4v) is 5.46. The molecule has 2 aromatic heterocycles. The smallest absolute Gasteiger partial charge is 0.227 e. The standard InChI is InChI=1S/C23H26FN5OS.C9H13NO/c1-28-10-12-29(13-11-28)9-3-5-17-4-2-6-18(14-17)26-23-25-15-20(24)22(27-23)21-8-7-19(16-30)31-21;1-10-7-8-4-3-5-9(6-8)11-2/h2,4,6-8,14-16H,3,5,9-13H2,1H3,(H,25,26,27);3-6,10H,7H2,1-2H3. The van der Waals surface area contributed by atoms with E-state index in [0.717, 1.165) is 76.0 Å². The molecule has 1 aliphatic rings. The minimum absolute atomic E-state index is 0.193. The third kappa shape index (κ3) is 9.42. The number of anilines is 2. The van der Waals surface area contributed by atoms with Crippen molar-refractivity contribution in [1.82, 2.24) is 25.1 Å². The topological polar surface area (TPSA) is 82.6 Å². The van der Waals surface area contributed by atoms with Crippen LogP contribution in [0.1, 0.15) is 27.2 Å². The van der Waals surface area contributed by atoms with E-state index in [4.69, 9.17) is 4.74 Å². The fraction of sp³-hybridized carbons (Fsp3) is 0.344. The first-order valence-electron chi connectivity index (χ1n) is 14.1. The van der Waals surface area contributed by atoms with E-state index in [1.165, 1.54) is 22.5 Å². The summed E-state index contributed by atoms with van der Waals surface area (Å²) in [6.45, 7) is 6.56. The van der Waals surface area contributed by atoms with Crippen LogP contribution >= 0.6 is 11.3 Å². The van der Waals surface area contributed by atoms with Crippen molar-refractivity contribution < 1.29 is 13.9 Å². The van der Waals surface area contributed by atoms with Crippen LogP contribution in [0.5, 0.6) is 5.75 Å². The molecule has 0 spiro atoms. The van der Waals surface area contributed by atoms with E-state index >= 15 is 0 Å². The van der Waals surface area contributed by atoms with Gasteiger partial charge in [-0.2, -0.15) is 0 Å². The minimum atomic E-state index is -0.512. The molecule has 2 N–H and O–H groups in total. The lowest BCUT2D eigenvalue weighted by Crippen LogP contribution is -2.44. The number of carbonyl (C=O) groups is 1. The Morgan fingerprint density at radius 2 is 1.83 bits per heavy atom. The van der Waals surface area contributed by atoms with E-state index in [1.54, 1.807) is 19.2 Å². The van der Waals surface area contributed by atoms with Gasteiger partial charge in [0.2, 0.25) is 5.95 Å². The number of aldehydes is 1. The summed E-state index contributed by atoms with van der Waals surface area (Å²) in [6, 6.07) is 19.6. The molecule has 0 amide bonds. The summed E-state index contributed by atoms with van der Waals surface area (Å²) in [4.78, 5) is 25.4. The van der Waals surface area contributed by atoms with Gasteiger partial charge in [0.05, 0.1) is 23.1 Å². The van der Waals surface area contributed by atoms with Gasteiger partial charge in [0.1, 0.15) is 11.4 Å². The number of ether oxygens (including phenoxy) is 1. The second-order valence-corrected chi connectivity index (χ2v) is 11.3. The van der Waals surface area contributed by atoms with Crippen molar-refractivity contribution >= 4 is 29.3 Å². The summed E-state index contributed by atoms with van der Waals surface area (Å²) >= 11 is 1.21. The molecule has 1 aliphatic heterocycles. The second-order valence-electron chi connectivity index (χ2n) is 10.2. The van der Waals surface area contributed by atoms with Crippen molar-refractivity contribution in [2.75, 3.05) is 59.2 Å². The molecule has 0 bridgehead atoms. The number of hydrogen-bond donors (Lipinski definition) is 2. The summed E-state index contributed by atoms with van der Waals surface area (Å²) in [5, 5.41) is 6.26. The predicted molar refractivity (Wildman–Crippen MR) is 168 cm³/mol. The van der Waals surface area contributed by atoms with Gasteiger partial charge in [-0.25, -0.2) is 14.4 Å². The van der Waals surface area contributed by atoms with Crippen molar-refractivity contribution in [3.63, 3.8) is 0 Å². The Hall–Kier alpha value is -3.70. The number of piperazine rings is 1. The van der Waals surface area contributed by atoms with E-state index in [-0.39, 0.29) is 5.69 Å². The molecule has 0 saturated carbocycles. The highest BCUT2D eigenvalue weighted by Gasteiger charge is 2.14. The van der Waals surface area contributed by atoms with Gasteiger partial charge in [-0.05, 0) is 81.0 Å². The monoisotopic (exact) mass is 590 g/mol. The summed E-state index contributed by atoms with van der Waals surface area (Å²) in [5.41, 5.74) is 3.55. The van der Waals surface area contributed by atoms with Crippen molar-refractivity contribution in [3.05, 3.63) is 88.7 Å². The number of nitrogens with one attached hydrogen (secondary N) is 2. The first-order valence-corrected chi connectivity index (χ1v) is 14.9. The van der Waals surface area contributed by atoms with Crippen LogP contribution in [0.3, 0.4) is 0 Å². The molecule has 5 rings (SSSR count). The third-order valence-corrected chi connectivity index (χ3v) is 7.97. The van der Waals surface area contributed by atoms with Gasteiger partial charge in [0.15, 0.2) is 12.1 Å². The lowest BCUT2D eigenvalue weighted by Gasteiger charge is -2.32. The zero-order chi connectivity index (χ0) is 29.7. The molecular weight excluding hydrogens is 551 g/mol. The average molecular weight is 591 g/mol. The zero-order valence-electron chi connectivity index (χ0n) is 24.5. The molecule has 0 radical (unpaired) electrons. The van der Waals surface area contributed by atoms with Gasteiger partial charge in [0, 0.05) is 38.4 Å². The van der Waals surface area contributed by atoms with Crippen LogP contribution in [-0.2, 0) is 13.0 Å². The molecule has 222 valence electrons. The SMILES string of the molecule is CN1CCN(CCCc2cccc(Nc3ncc(F)c(-c4ccc(C=O)s4)n3)c2)CC1.CNCc1cccc(OC)c1. The zero-order valence-corrected chi connectivity index (χ0v) is 25.3. The third-order valence-electron chi connectivity index (χ3n) is 6.95. The number of aromatic nitrogens is 2. The Morgan fingerprint density at radius 1 is 1.05 bits per heavy atom. The molecule has 0 unspecified atom stereocenters. The molecule has 3 heterocycles. The van der Waals surface area contributed by atoms with E-state index in [2.05, 4.69) is 55.6 Å². The number of aryl methyl sites for hydroxylation is 1. The molecule has 2 aromatic carbocycles. The van der Waals surface area contributed by atoms with E-state index in [9.17, 15) is 9.18 Å². The molecule has 0 aliphatic carbocycles. The van der Waals surface area contributed by atoms with Gasteiger partial charge in [-0.1, -0.05) is 24.3 Å². The van der Waals surface area contributed by atoms with Crippen LogP contribution in [0.25, 0.3) is 10.6 Å². The highest BCUT2D eigenvalue weighted by Crippen LogP contribution is 2.29. The summed E-state index contributed by atoms with van der Waals surface area (Å²) < 4.78 is 19.3. The van der Waals surface area contributed by atoms with Crippen LogP contribution in [0.4, 0.5) is 16.0 Å². The maximum Gasteiger partial charge on any atom is 0.227 e.